The number of halogens is 5. The average molecular weight is 744 g/mol. The molecular formula is C35H38ClF4N9O3. The van der Waals surface area contributed by atoms with E-state index in [0.29, 0.717) is 19.0 Å². The number of nitrogens with zero attached hydrogens (tertiary/aromatic N) is 6. The van der Waals surface area contributed by atoms with Crippen LogP contribution >= 0.6 is 11.6 Å². The second-order valence-corrected chi connectivity index (χ2v) is 14.5. The highest BCUT2D eigenvalue weighted by Gasteiger charge is 2.58. The van der Waals surface area contributed by atoms with E-state index in [9.17, 15) is 27.2 Å². The lowest BCUT2D eigenvalue weighted by molar-refractivity contribution is 0.0681. The molecule has 2 aliphatic rings. The minimum Gasteiger partial charge on any atom is -0.447 e. The van der Waals surface area contributed by atoms with Crippen LogP contribution in [0.5, 0.6) is 0 Å². The molecule has 0 bridgehead atoms. The number of rotatable bonds is 12. The maximum Gasteiger partial charge on any atom is 0.407 e. The fourth-order valence-electron chi connectivity index (χ4n) is 5.52. The fourth-order valence-corrected chi connectivity index (χ4v) is 5.72. The molecule has 17 heteroatoms. The molecule has 3 N–H and O–H groups in total. The molecule has 52 heavy (non-hydrogen) atoms. The number of carbonyl (C=O) groups excluding carboxylic acids is 2. The number of benzene rings is 2. The number of hydrogen-bond donors (Lipinski definition) is 3. The lowest BCUT2D eigenvalue weighted by Crippen LogP contribution is -2.48. The predicted octanol–water partition coefficient (Wildman–Crippen LogP) is 7.33. The highest BCUT2D eigenvalue weighted by Crippen LogP contribution is 2.42. The Bertz CT molecular complexity index is 1940. The van der Waals surface area contributed by atoms with E-state index in [2.05, 4.69) is 25.8 Å². The van der Waals surface area contributed by atoms with Crippen molar-refractivity contribution in [3.63, 3.8) is 0 Å². The van der Waals surface area contributed by atoms with Crippen LogP contribution in [0.15, 0.2) is 61.2 Å². The van der Waals surface area contributed by atoms with Gasteiger partial charge < -0.3 is 15.4 Å². The minimum atomic E-state index is -3.06. The van der Waals surface area contributed by atoms with E-state index in [4.69, 9.17) is 21.7 Å². The Labute approximate surface area is 302 Å². The molecule has 2 aromatic heterocycles. The van der Waals surface area contributed by atoms with Gasteiger partial charge >= 0.3 is 6.09 Å². The van der Waals surface area contributed by atoms with E-state index in [-0.39, 0.29) is 33.2 Å². The van der Waals surface area contributed by atoms with Crippen molar-refractivity contribution in [2.24, 2.45) is 5.41 Å². The van der Waals surface area contributed by atoms with Crippen LogP contribution in [-0.4, -0.2) is 72.5 Å². The van der Waals surface area contributed by atoms with Crippen molar-refractivity contribution in [2.45, 2.75) is 76.9 Å². The molecule has 2 fully saturated rings. The van der Waals surface area contributed by atoms with Crippen molar-refractivity contribution in [3.05, 3.63) is 83.2 Å². The van der Waals surface area contributed by atoms with Crippen LogP contribution in [0.3, 0.4) is 0 Å². The third-order valence-electron chi connectivity index (χ3n) is 8.77. The summed E-state index contributed by atoms with van der Waals surface area (Å²) in [7, 11) is 0. The Morgan fingerprint density at radius 3 is 2.46 bits per heavy atom. The van der Waals surface area contributed by atoms with Gasteiger partial charge in [-0.25, -0.2) is 32.0 Å². The number of ether oxygens (including phenoxy) is 1. The number of alkyl halides is 4. The zero-order valence-corrected chi connectivity index (χ0v) is 29.4. The van der Waals surface area contributed by atoms with E-state index in [0.717, 1.165) is 39.9 Å². The van der Waals surface area contributed by atoms with Crippen molar-refractivity contribution in [1.29, 1.82) is 5.41 Å². The van der Waals surface area contributed by atoms with Gasteiger partial charge in [0.05, 0.1) is 29.0 Å². The van der Waals surface area contributed by atoms with Gasteiger partial charge in [0.15, 0.2) is 11.8 Å². The summed E-state index contributed by atoms with van der Waals surface area (Å²) in [5.41, 5.74) is 1.92. The molecule has 0 saturated heterocycles. The molecule has 2 aromatic carbocycles. The maximum atomic E-state index is 14.5. The summed E-state index contributed by atoms with van der Waals surface area (Å²) in [5.74, 6) is -4.77. The van der Waals surface area contributed by atoms with Crippen LogP contribution < -0.4 is 10.6 Å². The molecule has 2 saturated carbocycles. The first kappa shape index (κ1) is 36.8. The van der Waals surface area contributed by atoms with Crippen LogP contribution in [0.1, 0.15) is 86.7 Å². The number of hydrogen-bond acceptors (Lipinski definition) is 7. The number of guanidine groups is 1. The molecule has 0 unspecified atom stereocenters. The van der Waals surface area contributed by atoms with Crippen LogP contribution in [-0.2, 0) is 4.74 Å². The summed E-state index contributed by atoms with van der Waals surface area (Å²) in [6, 6.07) is 8.65. The van der Waals surface area contributed by atoms with Gasteiger partial charge in [0.25, 0.3) is 18.3 Å². The highest BCUT2D eigenvalue weighted by molar-refractivity contribution is 6.32. The van der Waals surface area contributed by atoms with Gasteiger partial charge in [-0.15, -0.1) is 0 Å². The number of amides is 2. The van der Waals surface area contributed by atoms with E-state index >= 15 is 0 Å². The first-order chi connectivity index (χ1) is 24.6. The monoisotopic (exact) mass is 743 g/mol. The van der Waals surface area contributed by atoms with Crippen LogP contribution in [0, 0.1) is 10.8 Å². The zero-order valence-electron chi connectivity index (χ0n) is 28.6. The van der Waals surface area contributed by atoms with Crippen molar-refractivity contribution in [3.8, 4) is 16.8 Å². The third-order valence-corrected chi connectivity index (χ3v) is 9.09. The minimum absolute atomic E-state index is 0.0152. The lowest BCUT2D eigenvalue weighted by atomic mass is 9.92. The Morgan fingerprint density at radius 1 is 1.12 bits per heavy atom. The molecule has 2 atom stereocenters. The molecule has 6 rings (SSSR count). The number of alkyl carbamates (subject to hydrolysis) is 1. The van der Waals surface area contributed by atoms with Gasteiger partial charge in [0.2, 0.25) is 0 Å². The zero-order chi connectivity index (χ0) is 37.4. The van der Waals surface area contributed by atoms with Gasteiger partial charge in [-0.2, -0.15) is 10.2 Å². The first-order valence-corrected chi connectivity index (χ1v) is 17.1. The Hall–Kier alpha value is -4.99. The molecule has 0 radical (unpaired) electrons. The maximum absolute atomic E-state index is 14.5. The number of nitrogens with one attached hydrogen (secondary N) is 3. The number of carbonyl (C=O) groups is 2. The number of aromatic nitrogens is 5. The standard InChI is InChI=1S/C35H38ClF4N9O3/c1-34(2,3)12-13-42-32(41)48(31(50)21-6-4-20(5-7-21)23-16-44-47(17-23)24-9-10-24)27(18-52-33(51)46-28-15-35(28,39)40)22-8-11-25(36)26(14-22)49-30(29(37)38)43-19-45-49/h4-8,11,14,16-17,19,24,27-29H,9-10,12-13,15,18H2,1-3H3,(H2,41,42)(H,46,51)/t27-,28+/m1/s1. The van der Waals surface area contributed by atoms with E-state index < -0.39 is 55.3 Å². The van der Waals surface area contributed by atoms with Gasteiger partial charge in [-0.3, -0.25) is 19.8 Å². The van der Waals surface area contributed by atoms with Gasteiger partial charge in [0.1, 0.15) is 19.0 Å². The third kappa shape index (κ3) is 8.54. The normalized spacial score (nSPS) is 17.1. The summed E-state index contributed by atoms with van der Waals surface area (Å²) in [6.07, 6.45) is 2.69. The summed E-state index contributed by atoms with van der Waals surface area (Å²) >= 11 is 6.45. The van der Waals surface area contributed by atoms with E-state index in [1.54, 1.807) is 30.5 Å². The summed E-state index contributed by atoms with van der Waals surface area (Å²) in [5, 5.41) is 22.5. The van der Waals surface area contributed by atoms with Gasteiger partial charge in [0, 0.05) is 30.3 Å². The molecule has 0 spiro atoms. The van der Waals surface area contributed by atoms with E-state index in [1.807, 2.05) is 31.6 Å². The fraction of sp³-hybridized carbons (Fsp3) is 0.429. The van der Waals surface area contributed by atoms with Crippen molar-refractivity contribution in [1.82, 2.24) is 40.1 Å². The SMILES string of the molecule is CC(C)(C)CCNC(=N)N(C(=O)c1ccc(-c2cnn(C3CC3)c2)cc1)[C@H](COC(=O)N[C@H]1CC1(F)F)c1ccc(Cl)c(-n2ncnc2C(F)F)c1. The second-order valence-electron chi connectivity index (χ2n) is 14.1. The Morgan fingerprint density at radius 2 is 1.83 bits per heavy atom. The van der Waals surface area contributed by atoms with Crippen molar-refractivity contribution < 1.29 is 31.9 Å². The molecule has 0 aliphatic heterocycles. The van der Waals surface area contributed by atoms with Gasteiger partial charge in [-0.1, -0.05) is 50.6 Å². The second kappa shape index (κ2) is 14.6. The molecule has 2 heterocycles. The average Bonchev–Trinajstić information content (AvgIpc) is 3.87. The molecule has 4 aromatic rings. The molecule has 276 valence electrons. The molecule has 2 aliphatic carbocycles. The van der Waals surface area contributed by atoms with Crippen LogP contribution in [0.2, 0.25) is 5.02 Å². The summed E-state index contributed by atoms with van der Waals surface area (Å²) < 4.78 is 63.0. The Kier molecular flexibility index (Phi) is 10.3. The first-order valence-electron chi connectivity index (χ1n) is 16.7. The highest BCUT2D eigenvalue weighted by atomic mass is 35.5. The molecule has 2 amide bonds. The predicted molar refractivity (Wildman–Crippen MR) is 184 cm³/mol. The lowest BCUT2D eigenvalue weighted by Gasteiger charge is -2.33. The quantitative estimate of drug-likeness (QED) is 0.0783. The van der Waals surface area contributed by atoms with Gasteiger partial charge in [-0.05, 0) is 60.1 Å². The molecular weight excluding hydrogens is 706 g/mol. The largest absolute Gasteiger partial charge is 0.447 e. The van der Waals surface area contributed by atoms with Crippen LogP contribution in [0.4, 0.5) is 22.4 Å². The summed E-state index contributed by atoms with van der Waals surface area (Å²) in [6.45, 7) is 5.73. The van der Waals surface area contributed by atoms with Crippen LogP contribution in [0.25, 0.3) is 16.8 Å². The molecule has 12 nitrogen and oxygen atoms in total. The topological polar surface area (TPSA) is 143 Å². The Balaban J connectivity index is 1.36. The van der Waals surface area contributed by atoms with Crippen molar-refractivity contribution >= 4 is 29.6 Å². The smallest absolute Gasteiger partial charge is 0.407 e. The van der Waals surface area contributed by atoms with Crippen molar-refractivity contribution in [2.75, 3.05) is 13.2 Å². The summed E-state index contributed by atoms with van der Waals surface area (Å²) in [4.78, 5) is 31.9. The van der Waals surface area contributed by atoms with E-state index in [1.165, 1.54) is 18.2 Å².